The molecule has 3 rings (SSSR count). The lowest BCUT2D eigenvalue weighted by molar-refractivity contribution is 0.572. The Bertz CT molecular complexity index is 745. The van der Waals surface area contributed by atoms with Crippen molar-refractivity contribution in [2.45, 2.75) is 56.1 Å². The van der Waals surface area contributed by atoms with Gasteiger partial charge in [-0.2, -0.15) is 0 Å². The summed E-state index contributed by atoms with van der Waals surface area (Å²) in [7, 11) is 0. The summed E-state index contributed by atoms with van der Waals surface area (Å²) in [6, 6.07) is 0. The molecule has 3 aromatic rings. The highest BCUT2D eigenvalue weighted by molar-refractivity contribution is 8.01. The molecule has 0 aliphatic heterocycles. The van der Waals surface area contributed by atoms with Crippen molar-refractivity contribution in [3.63, 3.8) is 0 Å². The minimum absolute atomic E-state index is 0.0419. The first-order chi connectivity index (χ1) is 9.88. The van der Waals surface area contributed by atoms with Gasteiger partial charge in [0.05, 0.1) is 11.9 Å². The zero-order valence-corrected chi connectivity index (χ0v) is 14.4. The summed E-state index contributed by atoms with van der Waals surface area (Å²) in [5.74, 6) is 0.927. The highest BCUT2D eigenvalue weighted by Gasteiger charge is 2.20. The van der Waals surface area contributed by atoms with Gasteiger partial charge in [0.1, 0.15) is 5.82 Å². The number of hydrogen-bond donors (Lipinski definition) is 0. The highest BCUT2D eigenvalue weighted by Crippen LogP contribution is 2.32. The van der Waals surface area contributed by atoms with Crippen LogP contribution in [0.2, 0.25) is 0 Å². The molecule has 3 heterocycles. The molecule has 0 aliphatic rings. The quantitative estimate of drug-likeness (QED) is 0.741. The van der Waals surface area contributed by atoms with Gasteiger partial charge in [0.25, 0.3) is 0 Å². The molecule has 6 nitrogen and oxygen atoms in total. The largest absolute Gasteiger partial charge is 0.306 e. The SMILES string of the molecule is CCn1c(C)nnc1Sc1nn2cc(C(C)(C)C)nc2s1. The maximum Gasteiger partial charge on any atom is 0.213 e. The summed E-state index contributed by atoms with van der Waals surface area (Å²) in [4.78, 5) is 5.58. The number of nitrogens with zero attached hydrogens (tertiary/aromatic N) is 6. The standard InChI is InChI=1S/C13H18N6S2/c1-6-18-8(2)15-16-11(18)21-12-17-19-7-9(13(3,4)5)14-10(19)20-12/h7H,6H2,1-5H3. The van der Waals surface area contributed by atoms with Crippen LogP contribution in [0.5, 0.6) is 0 Å². The van der Waals surface area contributed by atoms with Crippen LogP contribution in [0, 0.1) is 6.92 Å². The zero-order valence-electron chi connectivity index (χ0n) is 12.8. The number of fused-ring (bicyclic) bond motifs is 1. The van der Waals surface area contributed by atoms with Crippen molar-refractivity contribution in [1.82, 2.24) is 29.4 Å². The van der Waals surface area contributed by atoms with Crippen LogP contribution in [-0.4, -0.2) is 29.4 Å². The molecule has 0 unspecified atom stereocenters. The first-order valence-corrected chi connectivity index (χ1v) is 8.46. The Labute approximate surface area is 131 Å². The third-order valence-corrected chi connectivity index (χ3v) is 5.15. The van der Waals surface area contributed by atoms with E-state index in [1.807, 2.05) is 17.6 Å². The number of imidazole rings is 1. The van der Waals surface area contributed by atoms with E-state index in [0.717, 1.165) is 32.5 Å². The zero-order chi connectivity index (χ0) is 15.2. The first kappa shape index (κ1) is 14.5. The first-order valence-electron chi connectivity index (χ1n) is 6.83. The molecular formula is C13H18N6S2. The van der Waals surface area contributed by atoms with Crippen molar-refractivity contribution in [2.75, 3.05) is 0 Å². The molecule has 0 saturated carbocycles. The van der Waals surface area contributed by atoms with E-state index in [0.29, 0.717) is 0 Å². The molecule has 0 aromatic carbocycles. The van der Waals surface area contributed by atoms with E-state index in [1.54, 1.807) is 11.3 Å². The average Bonchev–Trinajstić information content (AvgIpc) is 3.02. The molecule has 112 valence electrons. The molecule has 8 heteroatoms. The van der Waals surface area contributed by atoms with Gasteiger partial charge < -0.3 is 4.57 Å². The van der Waals surface area contributed by atoms with E-state index in [1.165, 1.54) is 11.8 Å². The van der Waals surface area contributed by atoms with Crippen molar-refractivity contribution in [3.05, 3.63) is 17.7 Å². The fourth-order valence-electron chi connectivity index (χ4n) is 1.96. The third kappa shape index (κ3) is 2.69. The molecule has 0 amide bonds. The van der Waals surface area contributed by atoms with Crippen molar-refractivity contribution in [2.24, 2.45) is 0 Å². The number of hydrogen-bond acceptors (Lipinski definition) is 6. The fourth-order valence-corrected chi connectivity index (χ4v) is 3.93. The van der Waals surface area contributed by atoms with Gasteiger partial charge in [-0.3, -0.25) is 0 Å². The number of rotatable bonds is 3. The summed E-state index contributed by atoms with van der Waals surface area (Å²) >= 11 is 3.12. The Balaban J connectivity index is 1.90. The maximum atomic E-state index is 4.66. The Hall–Kier alpha value is -1.41. The predicted octanol–water partition coefficient (Wildman–Crippen LogP) is 3.16. The summed E-state index contributed by atoms with van der Waals surface area (Å²) < 4.78 is 4.86. The molecule has 0 spiro atoms. The van der Waals surface area contributed by atoms with E-state index in [-0.39, 0.29) is 5.41 Å². The van der Waals surface area contributed by atoms with E-state index in [9.17, 15) is 0 Å². The Morgan fingerprint density at radius 3 is 2.67 bits per heavy atom. The van der Waals surface area contributed by atoms with Crippen LogP contribution in [0.3, 0.4) is 0 Å². The normalized spacial score (nSPS) is 12.4. The Morgan fingerprint density at radius 1 is 1.29 bits per heavy atom. The van der Waals surface area contributed by atoms with Gasteiger partial charge in [0, 0.05) is 12.0 Å². The van der Waals surface area contributed by atoms with Crippen molar-refractivity contribution < 1.29 is 0 Å². The van der Waals surface area contributed by atoms with Crippen molar-refractivity contribution in [3.8, 4) is 0 Å². The summed E-state index contributed by atoms with van der Waals surface area (Å²) in [6.45, 7) is 11.4. The maximum absolute atomic E-state index is 4.66. The molecule has 0 radical (unpaired) electrons. The van der Waals surface area contributed by atoms with Crippen LogP contribution in [0.25, 0.3) is 4.96 Å². The van der Waals surface area contributed by atoms with Crippen molar-refractivity contribution >= 4 is 28.1 Å². The third-order valence-electron chi connectivity index (χ3n) is 3.19. The van der Waals surface area contributed by atoms with Crippen LogP contribution in [0.4, 0.5) is 0 Å². The lowest BCUT2D eigenvalue weighted by atomic mass is 9.93. The predicted molar refractivity (Wildman–Crippen MR) is 84.1 cm³/mol. The summed E-state index contributed by atoms with van der Waals surface area (Å²) in [5, 5.41) is 13.8. The van der Waals surface area contributed by atoms with E-state index in [4.69, 9.17) is 0 Å². The molecular weight excluding hydrogens is 304 g/mol. The van der Waals surface area contributed by atoms with Gasteiger partial charge in [0.2, 0.25) is 4.96 Å². The second-order valence-corrected chi connectivity index (χ2v) is 8.02. The summed E-state index contributed by atoms with van der Waals surface area (Å²) in [5.41, 5.74) is 1.10. The van der Waals surface area contributed by atoms with Crippen LogP contribution >= 0.6 is 23.1 Å². The molecule has 0 atom stereocenters. The van der Waals surface area contributed by atoms with Crippen LogP contribution < -0.4 is 0 Å². The number of aryl methyl sites for hydroxylation is 1. The van der Waals surface area contributed by atoms with Gasteiger partial charge in [-0.15, -0.1) is 15.3 Å². The molecule has 0 saturated heterocycles. The van der Waals surface area contributed by atoms with Gasteiger partial charge in [0.15, 0.2) is 9.50 Å². The van der Waals surface area contributed by atoms with E-state index < -0.39 is 0 Å². The topological polar surface area (TPSA) is 60.9 Å². The molecule has 0 bridgehead atoms. The van der Waals surface area contributed by atoms with Crippen LogP contribution in [0.15, 0.2) is 15.7 Å². The van der Waals surface area contributed by atoms with Gasteiger partial charge in [-0.25, -0.2) is 9.50 Å². The monoisotopic (exact) mass is 322 g/mol. The molecule has 0 N–H and O–H groups in total. The fraction of sp³-hybridized carbons (Fsp3) is 0.538. The molecule has 21 heavy (non-hydrogen) atoms. The lowest BCUT2D eigenvalue weighted by Crippen LogP contribution is -2.11. The Morgan fingerprint density at radius 2 is 2.05 bits per heavy atom. The lowest BCUT2D eigenvalue weighted by Gasteiger charge is -2.13. The summed E-state index contributed by atoms with van der Waals surface area (Å²) in [6.07, 6.45) is 2.01. The minimum Gasteiger partial charge on any atom is -0.306 e. The van der Waals surface area contributed by atoms with Gasteiger partial charge >= 0.3 is 0 Å². The second-order valence-electron chi connectivity index (χ2n) is 5.85. The Kier molecular flexibility index (Phi) is 3.53. The molecule has 0 aliphatic carbocycles. The van der Waals surface area contributed by atoms with Crippen molar-refractivity contribution in [1.29, 1.82) is 0 Å². The van der Waals surface area contributed by atoms with Gasteiger partial charge in [-0.1, -0.05) is 32.1 Å². The van der Waals surface area contributed by atoms with Gasteiger partial charge in [-0.05, 0) is 25.6 Å². The van der Waals surface area contributed by atoms with Crippen LogP contribution in [0.1, 0.15) is 39.2 Å². The minimum atomic E-state index is 0.0419. The second kappa shape index (κ2) is 5.10. The molecule has 3 aromatic heterocycles. The molecule has 0 fully saturated rings. The smallest absolute Gasteiger partial charge is 0.213 e. The highest BCUT2D eigenvalue weighted by atomic mass is 32.2. The average molecular weight is 322 g/mol. The van der Waals surface area contributed by atoms with E-state index in [2.05, 4.69) is 52.5 Å². The van der Waals surface area contributed by atoms with Crippen LogP contribution in [-0.2, 0) is 12.0 Å². The number of aromatic nitrogens is 6. The van der Waals surface area contributed by atoms with E-state index >= 15 is 0 Å².